The van der Waals surface area contributed by atoms with Gasteiger partial charge in [-0.2, -0.15) is 4.37 Å². The molecule has 0 bridgehead atoms. The Morgan fingerprint density at radius 2 is 2.55 bits per heavy atom. The number of hydrogen-bond acceptors (Lipinski definition) is 2. The van der Waals surface area contributed by atoms with Crippen molar-refractivity contribution in [1.29, 1.82) is 0 Å². The highest BCUT2D eigenvalue weighted by atomic mass is 35.5. The topological polar surface area (TPSA) is 12.9 Å². The zero-order chi connectivity index (χ0) is 8.10. The first kappa shape index (κ1) is 8.75. The number of allylic oxidation sites excluding steroid dienone is 1. The predicted molar refractivity (Wildman–Crippen MR) is 51.2 cm³/mol. The summed E-state index contributed by atoms with van der Waals surface area (Å²) in [7, 11) is 0. The van der Waals surface area contributed by atoms with Crippen LogP contribution in [0.4, 0.5) is 0 Å². The van der Waals surface area contributed by atoms with Crippen molar-refractivity contribution in [3.8, 4) is 0 Å². The first-order chi connectivity index (χ1) is 5.33. The van der Waals surface area contributed by atoms with E-state index in [9.17, 15) is 0 Å². The van der Waals surface area contributed by atoms with Crippen LogP contribution in [0.25, 0.3) is 6.08 Å². The Balaban J connectivity index is 2.50. The quantitative estimate of drug-likeness (QED) is 0.663. The number of aromatic nitrogens is 1. The first-order valence-corrected chi connectivity index (χ1v) is 4.79. The van der Waals surface area contributed by atoms with E-state index >= 15 is 0 Å². The first-order valence-electron chi connectivity index (χ1n) is 3.49. The maximum Gasteiger partial charge on any atom is 0.0517 e. The average Bonchev–Trinajstić information content (AvgIpc) is 2.37. The third kappa shape index (κ3) is 3.04. The van der Waals surface area contributed by atoms with E-state index in [2.05, 4.69) is 22.6 Å². The number of halogens is 1. The largest absolute Gasteiger partial charge is 0.197 e. The number of alkyl halides is 1. The smallest absolute Gasteiger partial charge is 0.0517 e. The average molecular weight is 188 g/mol. The number of rotatable bonds is 3. The molecule has 1 aromatic heterocycles. The summed E-state index contributed by atoms with van der Waals surface area (Å²) in [4.78, 5) is 1.20. The highest BCUT2D eigenvalue weighted by molar-refractivity contribution is 7.06. The Kier molecular flexibility index (Phi) is 3.60. The van der Waals surface area contributed by atoms with E-state index in [1.807, 2.05) is 6.92 Å². The molecular weight excluding hydrogens is 178 g/mol. The van der Waals surface area contributed by atoms with Crippen molar-refractivity contribution in [3.05, 3.63) is 22.7 Å². The van der Waals surface area contributed by atoms with Crippen LogP contribution in [0.15, 0.2) is 12.1 Å². The van der Waals surface area contributed by atoms with Gasteiger partial charge in [0.25, 0.3) is 0 Å². The molecule has 11 heavy (non-hydrogen) atoms. The van der Waals surface area contributed by atoms with Crippen LogP contribution in [-0.2, 0) is 0 Å². The van der Waals surface area contributed by atoms with Crippen LogP contribution in [0.2, 0.25) is 0 Å². The summed E-state index contributed by atoms with van der Waals surface area (Å²) in [6.07, 6.45) is 5.06. The fourth-order valence-corrected chi connectivity index (χ4v) is 1.53. The lowest BCUT2D eigenvalue weighted by Crippen LogP contribution is -1.65. The SMILES string of the molecule is Cc1cc(/C=C/CCCl)sn1. The summed E-state index contributed by atoms with van der Waals surface area (Å²) in [5, 5.41) is 0. The molecule has 0 aromatic carbocycles. The second-order valence-electron chi connectivity index (χ2n) is 2.25. The molecule has 0 atom stereocenters. The molecule has 1 heterocycles. The van der Waals surface area contributed by atoms with Crippen molar-refractivity contribution in [2.75, 3.05) is 5.88 Å². The number of nitrogens with zero attached hydrogens (tertiary/aromatic N) is 1. The van der Waals surface area contributed by atoms with Crippen LogP contribution in [0.3, 0.4) is 0 Å². The zero-order valence-electron chi connectivity index (χ0n) is 6.38. The van der Waals surface area contributed by atoms with Gasteiger partial charge in [0.2, 0.25) is 0 Å². The van der Waals surface area contributed by atoms with Crippen molar-refractivity contribution in [3.63, 3.8) is 0 Å². The van der Waals surface area contributed by atoms with Crippen molar-refractivity contribution in [2.24, 2.45) is 0 Å². The van der Waals surface area contributed by atoms with Crippen molar-refractivity contribution in [1.82, 2.24) is 4.37 Å². The fraction of sp³-hybridized carbons (Fsp3) is 0.375. The highest BCUT2D eigenvalue weighted by Crippen LogP contribution is 2.11. The van der Waals surface area contributed by atoms with Crippen molar-refractivity contribution < 1.29 is 0 Å². The molecule has 0 spiro atoms. The van der Waals surface area contributed by atoms with Gasteiger partial charge in [0.15, 0.2) is 0 Å². The maximum atomic E-state index is 5.51. The molecule has 0 unspecified atom stereocenters. The minimum atomic E-state index is 0.689. The van der Waals surface area contributed by atoms with E-state index in [0.29, 0.717) is 5.88 Å². The predicted octanol–water partition coefficient (Wildman–Crippen LogP) is 3.09. The second kappa shape index (κ2) is 4.52. The molecule has 1 rings (SSSR count). The van der Waals surface area contributed by atoms with Gasteiger partial charge in [-0.25, -0.2) is 0 Å². The normalized spacial score (nSPS) is 11.1. The van der Waals surface area contributed by atoms with Gasteiger partial charge in [-0.15, -0.1) is 11.6 Å². The van der Waals surface area contributed by atoms with Crippen LogP contribution in [0.5, 0.6) is 0 Å². The number of hydrogen-bond donors (Lipinski definition) is 0. The molecule has 0 fully saturated rings. The summed E-state index contributed by atoms with van der Waals surface area (Å²) in [5.74, 6) is 0.689. The monoisotopic (exact) mass is 187 g/mol. The minimum Gasteiger partial charge on any atom is -0.197 e. The molecule has 0 radical (unpaired) electrons. The molecule has 1 aromatic rings. The number of aryl methyl sites for hydroxylation is 1. The lowest BCUT2D eigenvalue weighted by Gasteiger charge is -1.81. The Labute approximate surface area is 75.9 Å². The third-order valence-corrected chi connectivity index (χ3v) is 2.27. The van der Waals surface area contributed by atoms with Gasteiger partial charge in [0.1, 0.15) is 0 Å². The van der Waals surface area contributed by atoms with Gasteiger partial charge in [-0.05, 0) is 37.0 Å². The van der Waals surface area contributed by atoms with E-state index in [4.69, 9.17) is 11.6 Å². The van der Waals surface area contributed by atoms with Crippen LogP contribution in [0.1, 0.15) is 17.0 Å². The molecule has 0 aliphatic heterocycles. The summed E-state index contributed by atoms with van der Waals surface area (Å²) in [5.41, 5.74) is 1.08. The molecule has 0 aliphatic carbocycles. The van der Waals surface area contributed by atoms with Crippen LogP contribution >= 0.6 is 23.1 Å². The Morgan fingerprint density at radius 3 is 3.09 bits per heavy atom. The Hall–Kier alpha value is -0.340. The lowest BCUT2D eigenvalue weighted by molar-refractivity contribution is 1.25. The zero-order valence-corrected chi connectivity index (χ0v) is 7.95. The third-order valence-electron chi connectivity index (χ3n) is 1.20. The van der Waals surface area contributed by atoms with Gasteiger partial charge < -0.3 is 0 Å². The van der Waals surface area contributed by atoms with Crippen LogP contribution < -0.4 is 0 Å². The second-order valence-corrected chi connectivity index (χ2v) is 3.47. The molecule has 0 amide bonds. The van der Waals surface area contributed by atoms with Crippen molar-refractivity contribution >= 4 is 29.2 Å². The molecule has 0 aliphatic rings. The molecule has 0 N–H and O–H groups in total. The fourth-order valence-electron chi connectivity index (χ4n) is 0.724. The van der Waals surface area contributed by atoms with E-state index in [1.54, 1.807) is 0 Å². The summed E-state index contributed by atoms with van der Waals surface area (Å²) >= 11 is 7.03. The van der Waals surface area contributed by atoms with Crippen LogP contribution in [-0.4, -0.2) is 10.3 Å². The molecule has 1 nitrogen and oxygen atoms in total. The van der Waals surface area contributed by atoms with E-state index in [1.165, 1.54) is 16.4 Å². The molecule has 60 valence electrons. The van der Waals surface area contributed by atoms with Gasteiger partial charge in [-0.1, -0.05) is 6.08 Å². The summed E-state index contributed by atoms with van der Waals surface area (Å²) < 4.78 is 4.15. The van der Waals surface area contributed by atoms with Crippen molar-refractivity contribution in [2.45, 2.75) is 13.3 Å². The van der Waals surface area contributed by atoms with Gasteiger partial charge >= 0.3 is 0 Å². The van der Waals surface area contributed by atoms with Gasteiger partial charge in [-0.3, -0.25) is 0 Å². The lowest BCUT2D eigenvalue weighted by atomic mass is 10.3. The highest BCUT2D eigenvalue weighted by Gasteiger charge is 1.91. The Bertz CT molecular complexity index is 242. The van der Waals surface area contributed by atoms with Gasteiger partial charge in [0, 0.05) is 10.8 Å². The van der Waals surface area contributed by atoms with Gasteiger partial charge in [0.05, 0.1) is 5.69 Å². The maximum absolute atomic E-state index is 5.51. The minimum absolute atomic E-state index is 0.689. The standard InChI is InChI=1S/C8H10ClNS/c1-7-6-8(11-10-7)4-2-3-5-9/h2,4,6H,3,5H2,1H3/b4-2+. The Morgan fingerprint density at radius 1 is 1.73 bits per heavy atom. The van der Waals surface area contributed by atoms with Crippen LogP contribution in [0, 0.1) is 6.92 Å². The molecular formula is C8H10ClNS. The van der Waals surface area contributed by atoms with E-state index in [-0.39, 0.29) is 0 Å². The molecule has 0 saturated heterocycles. The summed E-state index contributed by atoms with van der Waals surface area (Å²) in [6, 6.07) is 2.06. The van der Waals surface area contributed by atoms with E-state index < -0.39 is 0 Å². The molecule has 3 heteroatoms. The molecule has 0 saturated carbocycles. The summed E-state index contributed by atoms with van der Waals surface area (Å²) in [6.45, 7) is 2.00. The van der Waals surface area contributed by atoms with E-state index in [0.717, 1.165) is 12.1 Å².